The lowest BCUT2D eigenvalue weighted by Gasteiger charge is -2.02. The Morgan fingerprint density at radius 3 is 2.62 bits per heavy atom. The van der Waals surface area contributed by atoms with E-state index in [0.29, 0.717) is 6.61 Å². The van der Waals surface area contributed by atoms with Crippen LogP contribution in [0.1, 0.15) is 25.8 Å². The lowest BCUT2D eigenvalue weighted by molar-refractivity contribution is -0.137. The van der Waals surface area contributed by atoms with Gasteiger partial charge in [0.05, 0.1) is 6.61 Å². The fourth-order valence-electron chi connectivity index (χ4n) is 1.44. The summed E-state index contributed by atoms with van der Waals surface area (Å²) in [5.41, 5.74) is 2.35. The van der Waals surface area contributed by atoms with E-state index >= 15 is 0 Å². The van der Waals surface area contributed by atoms with E-state index < -0.39 is 0 Å². The molecule has 0 saturated carbocycles. The second-order valence-electron chi connectivity index (χ2n) is 3.73. The van der Waals surface area contributed by atoms with Crippen LogP contribution in [0.4, 0.5) is 0 Å². The van der Waals surface area contributed by atoms with Crippen LogP contribution in [-0.4, -0.2) is 12.6 Å². The molecule has 0 radical (unpaired) electrons. The smallest absolute Gasteiger partial charge is 0.330 e. The van der Waals surface area contributed by atoms with Crippen LogP contribution in [0.25, 0.3) is 0 Å². The van der Waals surface area contributed by atoms with Crippen LogP contribution in [0.5, 0.6) is 0 Å². The molecule has 0 fully saturated rings. The molecule has 0 atom stereocenters. The highest BCUT2D eigenvalue weighted by atomic mass is 16.5. The summed E-state index contributed by atoms with van der Waals surface area (Å²) >= 11 is 0. The van der Waals surface area contributed by atoms with Crippen molar-refractivity contribution in [1.29, 1.82) is 0 Å². The third-order valence-corrected chi connectivity index (χ3v) is 2.30. The van der Waals surface area contributed by atoms with Crippen molar-refractivity contribution in [2.24, 2.45) is 0 Å². The largest absolute Gasteiger partial charge is 0.463 e. The summed E-state index contributed by atoms with van der Waals surface area (Å²) < 4.78 is 4.85. The molecule has 0 heterocycles. The Bertz CT molecular complexity index is 352. The standard InChI is InChI=1S/C14H18O2/c1-3-16-14(15)11-12(2)9-10-13-7-5-4-6-8-13/h4-8,11H,3,9-10H2,1-2H3/b12-11+. The molecule has 86 valence electrons. The zero-order chi connectivity index (χ0) is 11.8. The van der Waals surface area contributed by atoms with Gasteiger partial charge in [0, 0.05) is 6.08 Å². The van der Waals surface area contributed by atoms with Crippen molar-refractivity contribution in [3.05, 3.63) is 47.5 Å². The fourth-order valence-corrected chi connectivity index (χ4v) is 1.44. The second kappa shape index (κ2) is 6.83. The molecule has 2 heteroatoms. The summed E-state index contributed by atoms with van der Waals surface area (Å²) in [5, 5.41) is 0. The molecule has 0 spiro atoms. The summed E-state index contributed by atoms with van der Waals surface area (Å²) in [6, 6.07) is 10.2. The van der Waals surface area contributed by atoms with E-state index in [1.54, 1.807) is 6.08 Å². The van der Waals surface area contributed by atoms with Gasteiger partial charge in [0.15, 0.2) is 0 Å². The van der Waals surface area contributed by atoms with Crippen LogP contribution in [0.3, 0.4) is 0 Å². The number of aryl methyl sites for hydroxylation is 1. The number of hydrogen-bond donors (Lipinski definition) is 0. The van der Waals surface area contributed by atoms with Crippen molar-refractivity contribution in [3.8, 4) is 0 Å². The Morgan fingerprint density at radius 2 is 2.00 bits per heavy atom. The molecule has 0 aliphatic rings. The zero-order valence-electron chi connectivity index (χ0n) is 9.90. The normalized spacial score (nSPS) is 11.2. The van der Waals surface area contributed by atoms with E-state index in [-0.39, 0.29) is 5.97 Å². The second-order valence-corrected chi connectivity index (χ2v) is 3.73. The quantitative estimate of drug-likeness (QED) is 0.560. The molecule has 0 amide bonds. The average molecular weight is 218 g/mol. The van der Waals surface area contributed by atoms with Gasteiger partial charge in [-0.25, -0.2) is 4.79 Å². The molecule has 16 heavy (non-hydrogen) atoms. The van der Waals surface area contributed by atoms with Gasteiger partial charge in [-0.2, -0.15) is 0 Å². The van der Waals surface area contributed by atoms with Crippen LogP contribution in [0.2, 0.25) is 0 Å². The van der Waals surface area contributed by atoms with Crippen LogP contribution in [-0.2, 0) is 16.0 Å². The molecule has 2 nitrogen and oxygen atoms in total. The Morgan fingerprint density at radius 1 is 1.31 bits per heavy atom. The summed E-state index contributed by atoms with van der Waals surface area (Å²) in [7, 11) is 0. The molecule has 0 saturated heterocycles. The van der Waals surface area contributed by atoms with Gasteiger partial charge < -0.3 is 4.74 Å². The van der Waals surface area contributed by atoms with Crippen molar-refractivity contribution < 1.29 is 9.53 Å². The first-order valence-electron chi connectivity index (χ1n) is 5.60. The van der Waals surface area contributed by atoms with E-state index in [2.05, 4.69) is 12.1 Å². The summed E-state index contributed by atoms with van der Waals surface area (Å²) in [4.78, 5) is 11.2. The third kappa shape index (κ3) is 4.78. The number of allylic oxidation sites excluding steroid dienone is 1. The first-order valence-corrected chi connectivity index (χ1v) is 5.60. The summed E-state index contributed by atoms with van der Waals surface area (Å²) in [6.45, 7) is 4.20. The highest BCUT2D eigenvalue weighted by Crippen LogP contribution is 2.08. The Hall–Kier alpha value is -1.57. The highest BCUT2D eigenvalue weighted by Gasteiger charge is 1.98. The predicted octanol–water partition coefficient (Wildman–Crippen LogP) is 3.13. The van der Waals surface area contributed by atoms with E-state index in [1.165, 1.54) is 5.56 Å². The summed E-state index contributed by atoms with van der Waals surface area (Å²) in [6.07, 6.45) is 3.43. The fraction of sp³-hybridized carbons (Fsp3) is 0.357. The highest BCUT2D eigenvalue weighted by molar-refractivity contribution is 5.82. The van der Waals surface area contributed by atoms with Gasteiger partial charge in [0.2, 0.25) is 0 Å². The van der Waals surface area contributed by atoms with Crippen LogP contribution < -0.4 is 0 Å². The molecule has 0 unspecified atom stereocenters. The number of esters is 1. The van der Waals surface area contributed by atoms with Crippen LogP contribution >= 0.6 is 0 Å². The minimum Gasteiger partial charge on any atom is -0.463 e. The minimum atomic E-state index is -0.243. The average Bonchev–Trinajstić information content (AvgIpc) is 2.28. The molecule has 0 aliphatic heterocycles. The number of rotatable bonds is 5. The lowest BCUT2D eigenvalue weighted by Crippen LogP contribution is -2.00. The molecule has 0 N–H and O–H groups in total. The molecular formula is C14H18O2. The molecular weight excluding hydrogens is 200 g/mol. The maximum Gasteiger partial charge on any atom is 0.330 e. The van der Waals surface area contributed by atoms with Gasteiger partial charge in [0.25, 0.3) is 0 Å². The van der Waals surface area contributed by atoms with Crippen molar-refractivity contribution in [3.63, 3.8) is 0 Å². The number of ether oxygens (including phenoxy) is 1. The van der Waals surface area contributed by atoms with Gasteiger partial charge in [-0.05, 0) is 32.3 Å². The number of hydrogen-bond acceptors (Lipinski definition) is 2. The first kappa shape index (κ1) is 12.5. The number of carbonyl (C=O) groups excluding carboxylic acids is 1. The van der Waals surface area contributed by atoms with E-state index in [0.717, 1.165) is 18.4 Å². The minimum absolute atomic E-state index is 0.243. The van der Waals surface area contributed by atoms with Crippen LogP contribution in [0, 0.1) is 0 Å². The molecule has 1 aromatic rings. The van der Waals surface area contributed by atoms with Gasteiger partial charge in [-0.15, -0.1) is 0 Å². The van der Waals surface area contributed by atoms with E-state index in [1.807, 2.05) is 32.0 Å². The number of carbonyl (C=O) groups is 1. The molecule has 1 rings (SSSR count). The topological polar surface area (TPSA) is 26.3 Å². The predicted molar refractivity (Wildman–Crippen MR) is 65.2 cm³/mol. The van der Waals surface area contributed by atoms with Gasteiger partial charge in [-0.3, -0.25) is 0 Å². The van der Waals surface area contributed by atoms with Crippen molar-refractivity contribution in [2.75, 3.05) is 6.61 Å². The third-order valence-electron chi connectivity index (χ3n) is 2.30. The maximum atomic E-state index is 11.2. The molecule has 0 aromatic heterocycles. The Balaban J connectivity index is 2.40. The molecule has 0 bridgehead atoms. The van der Waals surface area contributed by atoms with E-state index in [9.17, 15) is 4.79 Å². The van der Waals surface area contributed by atoms with Gasteiger partial charge in [-0.1, -0.05) is 35.9 Å². The van der Waals surface area contributed by atoms with Gasteiger partial charge in [0.1, 0.15) is 0 Å². The Labute approximate surface area is 96.9 Å². The van der Waals surface area contributed by atoms with Crippen molar-refractivity contribution >= 4 is 5.97 Å². The van der Waals surface area contributed by atoms with E-state index in [4.69, 9.17) is 4.74 Å². The van der Waals surface area contributed by atoms with Crippen molar-refractivity contribution in [1.82, 2.24) is 0 Å². The lowest BCUT2D eigenvalue weighted by atomic mass is 10.1. The first-order chi connectivity index (χ1) is 7.72. The van der Waals surface area contributed by atoms with Gasteiger partial charge >= 0.3 is 5.97 Å². The van der Waals surface area contributed by atoms with Crippen LogP contribution in [0.15, 0.2) is 42.0 Å². The number of benzene rings is 1. The SMILES string of the molecule is CCOC(=O)/C=C(\C)CCc1ccccc1. The maximum absolute atomic E-state index is 11.2. The Kier molecular flexibility index (Phi) is 5.34. The zero-order valence-corrected chi connectivity index (χ0v) is 9.90. The molecule has 0 aliphatic carbocycles. The molecule has 1 aromatic carbocycles. The summed E-state index contributed by atoms with van der Waals surface area (Å²) in [5.74, 6) is -0.243. The van der Waals surface area contributed by atoms with Crippen molar-refractivity contribution in [2.45, 2.75) is 26.7 Å². The monoisotopic (exact) mass is 218 g/mol.